The third kappa shape index (κ3) is 4.58. The van der Waals surface area contributed by atoms with E-state index in [0.717, 1.165) is 40.2 Å². The molecule has 0 radical (unpaired) electrons. The number of anilines is 3. The average molecular weight is 434 g/mol. The van der Waals surface area contributed by atoms with Gasteiger partial charge in [-0.05, 0) is 47.0 Å². The third-order valence-electron chi connectivity index (χ3n) is 4.81. The van der Waals surface area contributed by atoms with Crippen molar-refractivity contribution in [1.29, 1.82) is 0 Å². The molecule has 10 heteroatoms. The molecule has 0 unspecified atom stereocenters. The van der Waals surface area contributed by atoms with Crippen LogP contribution in [0.1, 0.15) is 26.5 Å². The van der Waals surface area contributed by atoms with E-state index >= 15 is 0 Å². The van der Waals surface area contributed by atoms with Gasteiger partial charge in [-0.1, -0.05) is 20.8 Å². The van der Waals surface area contributed by atoms with Crippen molar-refractivity contribution in [2.45, 2.75) is 27.7 Å². The van der Waals surface area contributed by atoms with Gasteiger partial charge < -0.3 is 15.4 Å². The number of aromatic nitrogens is 7. The Morgan fingerprint density at radius 1 is 1.12 bits per heavy atom. The van der Waals surface area contributed by atoms with Gasteiger partial charge in [-0.15, -0.1) is 5.10 Å². The number of nitrogens with one attached hydrogen (secondary N) is 2. The zero-order valence-electron chi connectivity index (χ0n) is 19.1. The number of benzene rings is 1. The summed E-state index contributed by atoms with van der Waals surface area (Å²) in [5.74, 6) is 2.47. The SMILES string of the molecule is COc1cc(-c2nnnn2C)ccc1Nc1ncc2cc(C)nc(NCC(C)(C)C)c2n1. The van der Waals surface area contributed by atoms with Gasteiger partial charge in [-0.25, -0.2) is 19.6 Å². The Balaban J connectivity index is 1.67. The van der Waals surface area contributed by atoms with Crippen molar-refractivity contribution in [3.63, 3.8) is 0 Å². The van der Waals surface area contributed by atoms with Crippen LogP contribution in [-0.2, 0) is 7.05 Å². The van der Waals surface area contributed by atoms with E-state index < -0.39 is 0 Å². The maximum atomic E-state index is 5.58. The first kappa shape index (κ1) is 21.4. The molecule has 4 aromatic rings. The summed E-state index contributed by atoms with van der Waals surface area (Å²) in [6.07, 6.45) is 1.80. The first-order valence-electron chi connectivity index (χ1n) is 10.3. The highest BCUT2D eigenvalue weighted by atomic mass is 16.5. The number of ether oxygens (including phenoxy) is 1. The maximum Gasteiger partial charge on any atom is 0.227 e. The predicted molar refractivity (Wildman–Crippen MR) is 124 cm³/mol. The van der Waals surface area contributed by atoms with E-state index in [1.54, 1.807) is 25.0 Å². The van der Waals surface area contributed by atoms with Crippen LogP contribution in [0.2, 0.25) is 0 Å². The number of nitrogens with zero attached hydrogens (tertiary/aromatic N) is 7. The molecule has 3 aromatic heterocycles. The van der Waals surface area contributed by atoms with Gasteiger partial charge in [0.2, 0.25) is 5.95 Å². The highest BCUT2D eigenvalue weighted by Crippen LogP contribution is 2.32. The number of rotatable bonds is 6. The van der Waals surface area contributed by atoms with Gasteiger partial charge in [-0.2, -0.15) is 0 Å². The lowest BCUT2D eigenvalue weighted by Crippen LogP contribution is -2.20. The van der Waals surface area contributed by atoms with Crippen molar-refractivity contribution in [1.82, 2.24) is 35.2 Å². The zero-order valence-corrected chi connectivity index (χ0v) is 19.1. The van der Waals surface area contributed by atoms with Crippen LogP contribution in [0.4, 0.5) is 17.5 Å². The molecular weight excluding hydrogens is 406 g/mol. The number of aryl methyl sites for hydroxylation is 2. The summed E-state index contributed by atoms with van der Waals surface area (Å²) in [5.41, 5.74) is 3.36. The largest absolute Gasteiger partial charge is 0.495 e. The number of methoxy groups -OCH3 is 1. The fourth-order valence-electron chi connectivity index (χ4n) is 3.23. The molecule has 1 aromatic carbocycles. The molecule has 0 atom stereocenters. The van der Waals surface area contributed by atoms with E-state index in [1.165, 1.54) is 0 Å². The second kappa shape index (κ2) is 8.37. The smallest absolute Gasteiger partial charge is 0.227 e. The van der Waals surface area contributed by atoms with Crippen LogP contribution in [0, 0.1) is 12.3 Å². The minimum Gasteiger partial charge on any atom is -0.495 e. The number of hydrogen-bond donors (Lipinski definition) is 2. The van der Waals surface area contributed by atoms with E-state index in [-0.39, 0.29) is 5.41 Å². The van der Waals surface area contributed by atoms with Crippen LogP contribution >= 0.6 is 0 Å². The molecule has 3 heterocycles. The number of hydrogen-bond acceptors (Lipinski definition) is 9. The molecule has 0 aliphatic heterocycles. The summed E-state index contributed by atoms with van der Waals surface area (Å²) in [5, 5.41) is 19.2. The van der Waals surface area contributed by atoms with Crippen LogP contribution in [-0.4, -0.2) is 48.8 Å². The first-order valence-corrected chi connectivity index (χ1v) is 10.3. The number of fused-ring (bicyclic) bond motifs is 1. The van der Waals surface area contributed by atoms with E-state index in [9.17, 15) is 0 Å². The van der Waals surface area contributed by atoms with Crippen LogP contribution in [0.3, 0.4) is 0 Å². The topological polar surface area (TPSA) is 116 Å². The summed E-state index contributed by atoms with van der Waals surface area (Å²) in [4.78, 5) is 13.9. The summed E-state index contributed by atoms with van der Waals surface area (Å²) < 4.78 is 7.19. The Bertz CT molecular complexity index is 1260. The summed E-state index contributed by atoms with van der Waals surface area (Å²) >= 11 is 0. The molecule has 0 fully saturated rings. The summed E-state index contributed by atoms with van der Waals surface area (Å²) in [6.45, 7) is 9.26. The molecule has 0 saturated heterocycles. The number of pyridine rings is 1. The highest BCUT2D eigenvalue weighted by Gasteiger charge is 2.15. The van der Waals surface area contributed by atoms with Crippen molar-refractivity contribution in [3.05, 3.63) is 36.2 Å². The van der Waals surface area contributed by atoms with E-state index in [2.05, 4.69) is 56.9 Å². The van der Waals surface area contributed by atoms with Gasteiger partial charge in [-0.3, -0.25) is 0 Å². The van der Waals surface area contributed by atoms with Gasteiger partial charge in [0.05, 0.1) is 12.8 Å². The Morgan fingerprint density at radius 2 is 1.94 bits per heavy atom. The number of tetrazole rings is 1. The molecule has 4 rings (SSSR count). The second-order valence-corrected chi connectivity index (χ2v) is 8.82. The Morgan fingerprint density at radius 3 is 2.62 bits per heavy atom. The minimum absolute atomic E-state index is 0.110. The average Bonchev–Trinajstić information content (AvgIpc) is 3.18. The van der Waals surface area contributed by atoms with Gasteiger partial charge in [0.25, 0.3) is 0 Å². The van der Waals surface area contributed by atoms with Gasteiger partial charge in [0.15, 0.2) is 11.6 Å². The quantitative estimate of drug-likeness (QED) is 0.469. The van der Waals surface area contributed by atoms with Crippen molar-refractivity contribution < 1.29 is 4.74 Å². The zero-order chi connectivity index (χ0) is 22.9. The molecule has 0 spiro atoms. The molecule has 166 valence electrons. The molecule has 0 bridgehead atoms. The van der Waals surface area contributed by atoms with Gasteiger partial charge in [0, 0.05) is 36.4 Å². The van der Waals surface area contributed by atoms with Crippen molar-refractivity contribution in [2.75, 3.05) is 24.3 Å². The van der Waals surface area contributed by atoms with E-state index in [1.807, 2.05) is 31.2 Å². The van der Waals surface area contributed by atoms with E-state index in [4.69, 9.17) is 9.72 Å². The highest BCUT2D eigenvalue weighted by molar-refractivity contribution is 5.89. The molecule has 32 heavy (non-hydrogen) atoms. The summed E-state index contributed by atoms with van der Waals surface area (Å²) in [7, 11) is 3.40. The first-order chi connectivity index (χ1) is 15.2. The van der Waals surface area contributed by atoms with E-state index in [0.29, 0.717) is 17.5 Å². The van der Waals surface area contributed by atoms with Crippen LogP contribution in [0.5, 0.6) is 5.75 Å². The van der Waals surface area contributed by atoms with Crippen LogP contribution < -0.4 is 15.4 Å². The maximum absolute atomic E-state index is 5.58. The predicted octanol–water partition coefficient (Wildman–Crippen LogP) is 3.73. The molecule has 0 amide bonds. The van der Waals surface area contributed by atoms with Crippen LogP contribution in [0.25, 0.3) is 22.3 Å². The Kier molecular flexibility index (Phi) is 5.60. The summed E-state index contributed by atoms with van der Waals surface area (Å²) in [6, 6.07) is 7.66. The normalized spacial score (nSPS) is 11.6. The lowest BCUT2D eigenvalue weighted by atomic mass is 9.97. The van der Waals surface area contributed by atoms with Gasteiger partial charge >= 0.3 is 0 Å². The molecule has 0 aliphatic rings. The fraction of sp³-hybridized carbons (Fsp3) is 0.364. The van der Waals surface area contributed by atoms with Crippen molar-refractivity contribution in [3.8, 4) is 17.1 Å². The standard InChI is InChI=1S/C22H27N9O/c1-13-9-15-11-23-21(27-18(15)19(25-13)24-12-22(2,3)4)26-16-8-7-14(10-17(16)32-6)20-28-29-30-31(20)5/h7-11H,12H2,1-6H3,(H,24,25)(H,23,26,27). The lowest BCUT2D eigenvalue weighted by Gasteiger charge is -2.20. The second-order valence-electron chi connectivity index (χ2n) is 8.82. The fourth-order valence-corrected chi connectivity index (χ4v) is 3.23. The molecule has 2 N–H and O–H groups in total. The third-order valence-corrected chi connectivity index (χ3v) is 4.81. The van der Waals surface area contributed by atoms with Crippen LogP contribution in [0.15, 0.2) is 30.5 Å². The Hall–Kier alpha value is -3.82. The molecular formula is C22H27N9O. The van der Waals surface area contributed by atoms with Gasteiger partial charge in [0.1, 0.15) is 11.3 Å². The Labute approximate surface area is 186 Å². The van der Waals surface area contributed by atoms with Crippen molar-refractivity contribution in [2.24, 2.45) is 12.5 Å². The molecule has 0 aliphatic carbocycles. The monoisotopic (exact) mass is 433 g/mol. The van der Waals surface area contributed by atoms with Crippen molar-refractivity contribution >= 4 is 28.4 Å². The lowest BCUT2D eigenvalue weighted by molar-refractivity contribution is 0.417. The minimum atomic E-state index is 0.110. The molecule has 0 saturated carbocycles. The molecule has 10 nitrogen and oxygen atoms in total.